The molecule has 0 radical (unpaired) electrons. The summed E-state index contributed by atoms with van der Waals surface area (Å²) in [6.45, 7) is 0. The maximum absolute atomic E-state index is 12.1. The molecule has 0 bridgehead atoms. The van der Waals surface area contributed by atoms with E-state index in [0.717, 1.165) is 0 Å². The van der Waals surface area contributed by atoms with Gasteiger partial charge in [0.05, 0.1) is 11.9 Å². The fourth-order valence-electron chi connectivity index (χ4n) is 1.57. The number of hydrogen-bond acceptors (Lipinski definition) is 6. The first-order valence-corrected chi connectivity index (χ1v) is 6.97. The summed E-state index contributed by atoms with van der Waals surface area (Å²) in [5.41, 5.74) is 0.291. The van der Waals surface area contributed by atoms with E-state index in [1.54, 1.807) is 12.1 Å². The minimum Gasteiger partial charge on any atom is -0.284 e. The van der Waals surface area contributed by atoms with Crippen molar-refractivity contribution in [2.75, 3.05) is 4.72 Å². The summed E-state index contributed by atoms with van der Waals surface area (Å²) < 4.78 is 28.1. The first-order valence-electron chi connectivity index (χ1n) is 5.48. The summed E-state index contributed by atoms with van der Waals surface area (Å²) in [5.74, 6) is 0.331. The molecule has 0 amide bonds. The summed E-state index contributed by atoms with van der Waals surface area (Å²) in [6, 6.07) is 3.20. The molecule has 3 aromatic rings. The number of rotatable bonds is 4. The highest BCUT2D eigenvalue weighted by Gasteiger charge is 2.18. The Kier molecular flexibility index (Phi) is 2.91. The van der Waals surface area contributed by atoms with Crippen LogP contribution in [0.15, 0.2) is 48.3 Å². The van der Waals surface area contributed by atoms with E-state index in [2.05, 4.69) is 30.0 Å². The zero-order chi connectivity index (χ0) is 14.0. The molecule has 3 aromatic heterocycles. The molecule has 0 saturated heterocycles. The van der Waals surface area contributed by atoms with Gasteiger partial charge in [-0.25, -0.2) is 23.1 Å². The van der Waals surface area contributed by atoms with Crippen LogP contribution in [0.4, 0.5) is 5.69 Å². The number of pyridine rings is 1. The fourth-order valence-corrected chi connectivity index (χ4v) is 2.53. The van der Waals surface area contributed by atoms with Crippen LogP contribution in [0, 0.1) is 0 Å². The lowest BCUT2D eigenvalue weighted by molar-refractivity contribution is 0.601. The molecule has 10 heteroatoms. The topological polar surface area (TPSA) is 118 Å². The predicted molar refractivity (Wildman–Crippen MR) is 68.6 cm³/mol. The molecule has 0 fully saturated rings. The molecule has 0 aliphatic rings. The summed E-state index contributed by atoms with van der Waals surface area (Å²) in [7, 11) is -3.73. The zero-order valence-corrected chi connectivity index (χ0v) is 10.8. The number of aromatic amines is 1. The van der Waals surface area contributed by atoms with Gasteiger partial charge in [-0.3, -0.25) is 9.82 Å². The molecular weight excluding hydrogens is 282 g/mol. The average Bonchev–Trinajstić information content (AvgIpc) is 3.13. The maximum Gasteiger partial charge on any atom is 0.265 e. The van der Waals surface area contributed by atoms with Gasteiger partial charge in [0.25, 0.3) is 10.0 Å². The quantitative estimate of drug-likeness (QED) is 0.708. The van der Waals surface area contributed by atoms with Crippen molar-refractivity contribution in [1.82, 2.24) is 29.9 Å². The number of H-pyrrole nitrogens is 1. The van der Waals surface area contributed by atoms with Gasteiger partial charge in [0, 0.05) is 12.4 Å². The van der Waals surface area contributed by atoms with Crippen molar-refractivity contribution >= 4 is 15.7 Å². The van der Waals surface area contributed by atoms with Crippen LogP contribution >= 0.6 is 0 Å². The Morgan fingerprint density at radius 2 is 2.25 bits per heavy atom. The van der Waals surface area contributed by atoms with Crippen LogP contribution in [-0.4, -0.2) is 38.4 Å². The van der Waals surface area contributed by atoms with Crippen LogP contribution in [0.1, 0.15) is 0 Å². The van der Waals surface area contributed by atoms with Crippen LogP contribution in [0.2, 0.25) is 0 Å². The third kappa shape index (κ3) is 2.23. The van der Waals surface area contributed by atoms with Crippen LogP contribution in [0.3, 0.4) is 0 Å². The second-order valence-corrected chi connectivity index (χ2v) is 5.44. The normalized spacial score (nSPS) is 11.4. The highest BCUT2D eigenvalue weighted by Crippen LogP contribution is 2.19. The van der Waals surface area contributed by atoms with Crippen molar-refractivity contribution < 1.29 is 8.42 Å². The molecule has 9 nitrogen and oxygen atoms in total. The number of nitrogens with one attached hydrogen (secondary N) is 2. The molecule has 3 heterocycles. The lowest BCUT2D eigenvalue weighted by Gasteiger charge is -2.09. The largest absolute Gasteiger partial charge is 0.284 e. The molecule has 0 aromatic carbocycles. The van der Waals surface area contributed by atoms with Crippen LogP contribution < -0.4 is 4.72 Å². The van der Waals surface area contributed by atoms with Gasteiger partial charge < -0.3 is 0 Å². The van der Waals surface area contributed by atoms with E-state index in [-0.39, 0.29) is 4.90 Å². The SMILES string of the molecule is O=S(=O)(Nc1cccnc1-n1cncn1)c1cn[nH]c1. The lowest BCUT2D eigenvalue weighted by Crippen LogP contribution is -2.15. The fraction of sp³-hybridized carbons (Fsp3) is 0. The molecule has 0 spiro atoms. The van der Waals surface area contributed by atoms with Crippen molar-refractivity contribution in [2.24, 2.45) is 0 Å². The number of nitrogens with zero attached hydrogens (tertiary/aromatic N) is 5. The first kappa shape index (κ1) is 12.3. The summed E-state index contributed by atoms with van der Waals surface area (Å²) in [6.07, 6.45) is 6.80. The molecule has 2 N–H and O–H groups in total. The standard InChI is InChI=1S/C10H9N7O2S/c18-20(19,8-4-13-14-5-8)16-9-2-1-3-12-10(9)17-7-11-6-15-17/h1-7,16H,(H,13,14). The Balaban J connectivity index is 2.00. The second-order valence-electron chi connectivity index (χ2n) is 3.75. The highest BCUT2D eigenvalue weighted by molar-refractivity contribution is 7.92. The van der Waals surface area contributed by atoms with Crippen molar-refractivity contribution in [3.63, 3.8) is 0 Å². The molecule has 0 aliphatic carbocycles. The monoisotopic (exact) mass is 291 g/mol. The Bertz CT molecular complexity index is 796. The zero-order valence-electron chi connectivity index (χ0n) is 10.0. The lowest BCUT2D eigenvalue weighted by atomic mass is 10.4. The Morgan fingerprint density at radius 3 is 2.95 bits per heavy atom. The Morgan fingerprint density at radius 1 is 1.35 bits per heavy atom. The van der Waals surface area contributed by atoms with Crippen molar-refractivity contribution in [3.05, 3.63) is 43.4 Å². The van der Waals surface area contributed by atoms with E-state index in [9.17, 15) is 8.42 Å². The number of aromatic nitrogens is 6. The predicted octanol–water partition coefficient (Wildman–Crippen LogP) is 0.186. The Hall–Kier alpha value is -2.75. The molecule has 0 atom stereocenters. The smallest absolute Gasteiger partial charge is 0.265 e. The molecule has 0 saturated carbocycles. The third-order valence-corrected chi connectivity index (χ3v) is 3.78. The summed E-state index contributed by atoms with van der Waals surface area (Å²) >= 11 is 0. The van der Waals surface area contributed by atoms with E-state index in [1.807, 2.05) is 0 Å². The molecule has 102 valence electrons. The van der Waals surface area contributed by atoms with E-state index in [1.165, 1.54) is 35.9 Å². The van der Waals surface area contributed by atoms with E-state index in [4.69, 9.17) is 0 Å². The van der Waals surface area contributed by atoms with E-state index in [0.29, 0.717) is 11.5 Å². The molecule has 3 rings (SSSR count). The van der Waals surface area contributed by atoms with Crippen molar-refractivity contribution in [3.8, 4) is 5.82 Å². The number of sulfonamides is 1. The molecule has 0 aliphatic heterocycles. The van der Waals surface area contributed by atoms with Gasteiger partial charge in [-0.05, 0) is 12.1 Å². The maximum atomic E-state index is 12.1. The van der Waals surface area contributed by atoms with Gasteiger partial charge in [0.2, 0.25) is 0 Å². The number of hydrogen-bond donors (Lipinski definition) is 2. The van der Waals surface area contributed by atoms with Gasteiger partial charge in [-0.2, -0.15) is 10.2 Å². The van der Waals surface area contributed by atoms with Gasteiger partial charge in [-0.1, -0.05) is 0 Å². The second kappa shape index (κ2) is 4.74. The minimum atomic E-state index is -3.73. The third-order valence-electron chi connectivity index (χ3n) is 2.45. The van der Waals surface area contributed by atoms with Gasteiger partial charge in [0.15, 0.2) is 5.82 Å². The highest BCUT2D eigenvalue weighted by atomic mass is 32.2. The number of anilines is 1. The van der Waals surface area contributed by atoms with Crippen LogP contribution in [0.5, 0.6) is 0 Å². The van der Waals surface area contributed by atoms with Crippen LogP contribution in [-0.2, 0) is 10.0 Å². The van der Waals surface area contributed by atoms with E-state index < -0.39 is 10.0 Å². The van der Waals surface area contributed by atoms with Gasteiger partial charge in [-0.15, -0.1) is 0 Å². The Labute approximate surface area is 113 Å². The van der Waals surface area contributed by atoms with Crippen molar-refractivity contribution in [2.45, 2.75) is 4.90 Å². The molecule has 0 unspecified atom stereocenters. The first-order chi connectivity index (χ1) is 9.67. The molecule has 20 heavy (non-hydrogen) atoms. The van der Waals surface area contributed by atoms with Gasteiger partial charge in [0.1, 0.15) is 17.6 Å². The average molecular weight is 291 g/mol. The summed E-state index contributed by atoms with van der Waals surface area (Å²) in [4.78, 5) is 7.94. The van der Waals surface area contributed by atoms with Crippen LogP contribution in [0.25, 0.3) is 5.82 Å². The van der Waals surface area contributed by atoms with E-state index >= 15 is 0 Å². The summed E-state index contributed by atoms with van der Waals surface area (Å²) in [5, 5.41) is 10.00. The van der Waals surface area contributed by atoms with Gasteiger partial charge >= 0.3 is 0 Å². The van der Waals surface area contributed by atoms with Crippen molar-refractivity contribution in [1.29, 1.82) is 0 Å². The molecular formula is C10H9N7O2S. The minimum absolute atomic E-state index is 0.0332.